The van der Waals surface area contributed by atoms with Crippen molar-refractivity contribution in [1.29, 1.82) is 0 Å². The van der Waals surface area contributed by atoms with Gasteiger partial charge < -0.3 is 9.73 Å². The van der Waals surface area contributed by atoms with Crippen LogP contribution in [0.2, 0.25) is 0 Å². The van der Waals surface area contributed by atoms with Crippen LogP contribution in [-0.2, 0) is 20.1 Å². The topological polar surface area (TPSA) is 43.0 Å². The van der Waals surface area contributed by atoms with E-state index in [4.69, 9.17) is 4.42 Å². The number of hydrogen-bond donors (Lipinski definition) is 1. The third-order valence-electron chi connectivity index (χ3n) is 2.16. The van der Waals surface area contributed by atoms with Crippen LogP contribution < -0.4 is 5.32 Å². The highest BCUT2D eigenvalue weighted by Crippen LogP contribution is 2.13. The second kappa shape index (κ2) is 4.63. The van der Waals surface area contributed by atoms with Crippen LogP contribution in [0.1, 0.15) is 11.5 Å². The lowest BCUT2D eigenvalue weighted by Gasteiger charge is -2.02. The monoisotopic (exact) mass is 269 g/mol. The SMILES string of the molecule is Cn1nccc1CNCc1ccc(Br)o1. The van der Waals surface area contributed by atoms with Crippen molar-refractivity contribution in [2.24, 2.45) is 7.05 Å². The number of halogens is 1. The van der Waals surface area contributed by atoms with E-state index < -0.39 is 0 Å². The van der Waals surface area contributed by atoms with Crippen molar-refractivity contribution in [1.82, 2.24) is 15.1 Å². The van der Waals surface area contributed by atoms with E-state index in [1.165, 1.54) is 0 Å². The minimum Gasteiger partial charge on any atom is -0.453 e. The molecule has 0 aliphatic heterocycles. The highest BCUT2D eigenvalue weighted by molar-refractivity contribution is 9.10. The zero-order valence-electron chi connectivity index (χ0n) is 8.40. The maximum atomic E-state index is 5.36. The van der Waals surface area contributed by atoms with Crippen LogP contribution >= 0.6 is 15.9 Å². The molecule has 0 aliphatic carbocycles. The van der Waals surface area contributed by atoms with E-state index in [-0.39, 0.29) is 0 Å². The van der Waals surface area contributed by atoms with Crippen LogP contribution in [0.5, 0.6) is 0 Å². The number of furan rings is 1. The maximum Gasteiger partial charge on any atom is 0.169 e. The first-order valence-electron chi connectivity index (χ1n) is 4.67. The summed E-state index contributed by atoms with van der Waals surface area (Å²) in [6.07, 6.45) is 1.79. The molecule has 0 bridgehead atoms. The molecule has 0 saturated carbocycles. The van der Waals surface area contributed by atoms with Crippen LogP contribution in [0.4, 0.5) is 0 Å². The van der Waals surface area contributed by atoms with Crippen LogP contribution in [0.25, 0.3) is 0 Å². The van der Waals surface area contributed by atoms with Crippen molar-refractivity contribution in [2.75, 3.05) is 0 Å². The number of nitrogens with zero attached hydrogens (tertiary/aromatic N) is 2. The molecule has 0 aromatic carbocycles. The van der Waals surface area contributed by atoms with Gasteiger partial charge >= 0.3 is 0 Å². The van der Waals surface area contributed by atoms with Gasteiger partial charge in [-0.1, -0.05) is 0 Å². The highest BCUT2D eigenvalue weighted by atomic mass is 79.9. The van der Waals surface area contributed by atoms with Gasteiger partial charge in [-0.3, -0.25) is 4.68 Å². The zero-order chi connectivity index (χ0) is 10.7. The molecule has 0 spiro atoms. The predicted molar refractivity (Wildman–Crippen MR) is 60.2 cm³/mol. The Hall–Kier alpha value is -1.07. The fourth-order valence-corrected chi connectivity index (χ4v) is 1.68. The van der Waals surface area contributed by atoms with E-state index in [1.54, 1.807) is 6.20 Å². The second-order valence-corrected chi connectivity index (χ2v) is 4.04. The van der Waals surface area contributed by atoms with Crippen LogP contribution in [0.15, 0.2) is 33.5 Å². The van der Waals surface area contributed by atoms with E-state index in [0.29, 0.717) is 0 Å². The molecule has 0 atom stereocenters. The number of rotatable bonds is 4. The molecule has 0 fully saturated rings. The lowest BCUT2D eigenvalue weighted by molar-refractivity contribution is 0.462. The van der Waals surface area contributed by atoms with Gasteiger partial charge in [-0.05, 0) is 34.1 Å². The highest BCUT2D eigenvalue weighted by Gasteiger charge is 2.00. The van der Waals surface area contributed by atoms with Gasteiger partial charge in [-0.15, -0.1) is 0 Å². The van der Waals surface area contributed by atoms with Crippen LogP contribution in [-0.4, -0.2) is 9.78 Å². The second-order valence-electron chi connectivity index (χ2n) is 3.26. The Morgan fingerprint density at radius 3 is 2.87 bits per heavy atom. The third kappa shape index (κ3) is 2.70. The Balaban J connectivity index is 1.83. The summed E-state index contributed by atoms with van der Waals surface area (Å²) in [5, 5.41) is 7.37. The minimum atomic E-state index is 0.719. The van der Waals surface area contributed by atoms with E-state index in [2.05, 4.69) is 26.3 Å². The standard InChI is InChI=1S/C10H12BrN3O/c1-14-8(4-5-13-14)6-12-7-9-2-3-10(11)15-9/h2-5,12H,6-7H2,1H3. The van der Waals surface area contributed by atoms with Gasteiger partial charge in [0.25, 0.3) is 0 Å². The smallest absolute Gasteiger partial charge is 0.169 e. The van der Waals surface area contributed by atoms with Crippen molar-refractivity contribution < 1.29 is 4.42 Å². The lowest BCUT2D eigenvalue weighted by Crippen LogP contribution is -2.14. The van der Waals surface area contributed by atoms with E-state index in [1.807, 2.05) is 29.9 Å². The first kappa shape index (κ1) is 10.4. The Morgan fingerprint density at radius 2 is 2.27 bits per heavy atom. The lowest BCUT2D eigenvalue weighted by atomic mass is 10.4. The summed E-state index contributed by atoms with van der Waals surface area (Å²) in [4.78, 5) is 0. The Bertz CT molecular complexity index is 435. The Kier molecular flexibility index (Phi) is 3.23. The molecule has 1 N–H and O–H groups in total. The maximum absolute atomic E-state index is 5.36. The van der Waals surface area contributed by atoms with E-state index >= 15 is 0 Å². The summed E-state index contributed by atoms with van der Waals surface area (Å²) in [5.74, 6) is 0.920. The molecule has 0 saturated heterocycles. The van der Waals surface area contributed by atoms with Crippen molar-refractivity contribution in [3.63, 3.8) is 0 Å². The van der Waals surface area contributed by atoms with E-state index in [9.17, 15) is 0 Å². The summed E-state index contributed by atoms with van der Waals surface area (Å²) in [5.41, 5.74) is 1.15. The zero-order valence-corrected chi connectivity index (χ0v) is 9.99. The van der Waals surface area contributed by atoms with Crippen molar-refractivity contribution >= 4 is 15.9 Å². The fourth-order valence-electron chi connectivity index (χ4n) is 1.34. The van der Waals surface area contributed by atoms with Gasteiger partial charge in [0, 0.05) is 19.8 Å². The van der Waals surface area contributed by atoms with Gasteiger partial charge in [0.05, 0.1) is 12.2 Å². The Labute approximate surface area is 96.4 Å². The van der Waals surface area contributed by atoms with Crippen LogP contribution in [0.3, 0.4) is 0 Å². The molecular formula is C10H12BrN3O. The summed E-state index contributed by atoms with van der Waals surface area (Å²) in [6.45, 7) is 1.51. The quantitative estimate of drug-likeness (QED) is 0.924. The molecule has 2 heterocycles. The summed E-state index contributed by atoms with van der Waals surface area (Å²) in [6, 6.07) is 5.83. The Morgan fingerprint density at radius 1 is 1.40 bits per heavy atom. The number of hydrogen-bond acceptors (Lipinski definition) is 3. The van der Waals surface area contributed by atoms with Crippen molar-refractivity contribution in [2.45, 2.75) is 13.1 Å². The molecule has 0 amide bonds. The van der Waals surface area contributed by atoms with E-state index in [0.717, 1.165) is 29.2 Å². The predicted octanol–water partition coefficient (Wildman–Crippen LogP) is 2.07. The number of aryl methyl sites for hydroxylation is 1. The largest absolute Gasteiger partial charge is 0.453 e. The van der Waals surface area contributed by atoms with Gasteiger partial charge in [0.1, 0.15) is 5.76 Å². The molecule has 0 unspecified atom stereocenters. The average molecular weight is 270 g/mol. The van der Waals surface area contributed by atoms with Crippen LogP contribution in [0, 0.1) is 0 Å². The fraction of sp³-hybridized carbons (Fsp3) is 0.300. The van der Waals surface area contributed by atoms with Gasteiger partial charge in [0.15, 0.2) is 4.67 Å². The van der Waals surface area contributed by atoms with Gasteiger partial charge in [-0.25, -0.2) is 0 Å². The molecule has 2 rings (SSSR count). The molecule has 4 nitrogen and oxygen atoms in total. The normalized spacial score (nSPS) is 10.8. The molecule has 2 aromatic heterocycles. The molecule has 15 heavy (non-hydrogen) atoms. The van der Waals surface area contributed by atoms with Crippen molar-refractivity contribution in [3.05, 3.63) is 40.5 Å². The van der Waals surface area contributed by atoms with Gasteiger partial charge in [0.2, 0.25) is 0 Å². The molecule has 80 valence electrons. The molecule has 0 aliphatic rings. The first-order chi connectivity index (χ1) is 7.25. The average Bonchev–Trinajstić information content (AvgIpc) is 2.77. The van der Waals surface area contributed by atoms with Gasteiger partial charge in [-0.2, -0.15) is 5.10 Å². The summed E-state index contributed by atoms with van der Waals surface area (Å²) in [7, 11) is 1.93. The first-order valence-corrected chi connectivity index (χ1v) is 5.47. The molecular weight excluding hydrogens is 258 g/mol. The minimum absolute atomic E-state index is 0.719. The summed E-state index contributed by atoms with van der Waals surface area (Å²) >= 11 is 3.27. The van der Waals surface area contributed by atoms with Crippen molar-refractivity contribution in [3.8, 4) is 0 Å². The third-order valence-corrected chi connectivity index (χ3v) is 2.58. The molecule has 0 radical (unpaired) electrons. The molecule has 2 aromatic rings. The molecule has 5 heteroatoms. The number of nitrogens with one attached hydrogen (secondary N) is 1. The summed E-state index contributed by atoms with van der Waals surface area (Å²) < 4.78 is 7.98. The number of aromatic nitrogens is 2.